The van der Waals surface area contributed by atoms with E-state index in [1.165, 1.54) is 30.6 Å². The van der Waals surface area contributed by atoms with Crippen molar-refractivity contribution in [1.29, 1.82) is 0 Å². The van der Waals surface area contributed by atoms with Crippen molar-refractivity contribution in [3.8, 4) is 33.9 Å². The highest BCUT2D eigenvalue weighted by atomic mass is 19.4. The number of aromatic hydroxyl groups is 2. The quantitative estimate of drug-likeness (QED) is 0.117. The third-order valence-corrected chi connectivity index (χ3v) is 8.23. The minimum atomic E-state index is -4.75. The van der Waals surface area contributed by atoms with Crippen LogP contribution in [-0.4, -0.2) is 30.1 Å². The number of hydrogen-bond acceptors (Lipinski definition) is 7. The van der Waals surface area contributed by atoms with Crippen molar-refractivity contribution in [2.24, 2.45) is 0 Å². The van der Waals surface area contributed by atoms with Crippen LogP contribution in [0, 0.1) is 11.6 Å². The molecular formula is C35H28F5N5O2. The van der Waals surface area contributed by atoms with Gasteiger partial charge in [0.1, 0.15) is 22.8 Å². The normalized spacial score (nSPS) is 13.3. The van der Waals surface area contributed by atoms with Crippen molar-refractivity contribution < 1.29 is 32.2 Å². The highest BCUT2D eigenvalue weighted by Gasteiger charge is 2.34. The Bertz CT molecular complexity index is 2150. The maximum atomic E-state index is 14.2. The second-order valence-corrected chi connectivity index (χ2v) is 11.6. The summed E-state index contributed by atoms with van der Waals surface area (Å²) in [6, 6.07) is 11.3. The van der Waals surface area contributed by atoms with Gasteiger partial charge < -0.3 is 15.9 Å². The Hall–Kier alpha value is -5.39. The first-order chi connectivity index (χ1) is 22.3. The van der Waals surface area contributed by atoms with Crippen molar-refractivity contribution in [1.82, 2.24) is 19.9 Å². The lowest BCUT2D eigenvalue weighted by Gasteiger charge is -2.18. The van der Waals surface area contributed by atoms with Gasteiger partial charge in [-0.2, -0.15) is 13.2 Å². The van der Waals surface area contributed by atoms with Gasteiger partial charge in [0.25, 0.3) is 0 Å². The van der Waals surface area contributed by atoms with Crippen LogP contribution in [0.3, 0.4) is 0 Å². The molecule has 4 aromatic heterocycles. The molecule has 4 N–H and O–H groups in total. The van der Waals surface area contributed by atoms with Crippen LogP contribution in [0.2, 0.25) is 0 Å². The number of benzene rings is 2. The first-order valence-electron chi connectivity index (χ1n) is 14.7. The fraction of sp³-hybridized carbons (Fsp3) is 0.200. The third kappa shape index (κ3) is 6.35. The van der Waals surface area contributed by atoms with Crippen LogP contribution in [0.5, 0.6) is 11.5 Å². The van der Waals surface area contributed by atoms with Gasteiger partial charge in [-0.1, -0.05) is 13.8 Å². The highest BCUT2D eigenvalue weighted by molar-refractivity contribution is 5.87. The number of aromatic nitrogens is 4. The van der Waals surface area contributed by atoms with Crippen LogP contribution in [0.1, 0.15) is 55.5 Å². The lowest BCUT2D eigenvalue weighted by Crippen LogP contribution is -2.07. The summed E-state index contributed by atoms with van der Waals surface area (Å²) in [4.78, 5) is 17.3. The van der Waals surface area contributed by atoms with Gasteiger partial charge in [-0.3, -0.25) is 15.0 Å². The molecule has 0 amide bonds. The standard InChI is InChI=1S/C35H28F5N5O2/c1-17(32-30(46)9-21(15-42-32)20-7-19-8-24(41)12-27(37)34(19)44-14-20)3-4-18(2)33-31(47)10-22(16-43-33)29-13-26(35(38,39)40)25-11-23(36)5-6-28(25)45-29/h5-18,46-47H,3-4,41H2,1-2H3. The molecule has 47 heavy (non-hydrogen) atoms. The minimum Gasteiger partial charge on any atom is -0.506 e. The Morgan fingerprint density at radius 3 is 1.98 bits per heavy atom. The number of nitrogen functional groups attached to an aromatic ring is 1. The summed E-state index contributed by atoms with van der Waals surface area (Å²) < 4.78 is 69.3. The number of anilines is 1. The molecule has 2 unspecified atom stereocenters. The van der Waals surface area contributed by atoms with Crippen LogP contribution in [0.25, 0.3) is 44.2 Å². The lowest BCUT2D eigenvalue weighted by atomic mass is 9.92. The zero-order chi connectivity index (χ0) is 33.6. The van der Waals surface area contributed by atoms with Gasteiger partial charge in [-0.25, -0.2) is 13.8 Å². The first kappa shape index (κ1) is 31.6. The molecule has 0 aliphatic heterocycles. The molecule has 0 aliphatic carbocycles. The Kier molecular flexibility index (Phi) is 8.12. The van der Waals surface area contributed by atoms with Gasteiger partial charge >= 0.3 is 6.18 Å². The third-order valence-electron chi connectivity index (χ3n) is 8.23. The van der Waals surface area contributed by atoms with Gasteiger partial charge in [-0.15, -0.1) is 0 Å². The van der Waals surface area contributed by atoms with Gasteiger partial charge in [0, 0.05) is 63.6 Å². The van der Waals surface area contributed by atoms with Crippen molar-refractivity contribution in [2.45, 2.75) is 44.7 Å². The van der Waals surface area contributed by atoms with Crippen LogP contribution in [0.4, 0.5) is 27.6 Å². The Morgan fingerprint density at radius 2 is 1.34 bits per heavy atom. The Morgan fingerprint density at radius 1 is 0.745 bits per heavy atom. The summed E-state index contributed by atoms with van der Waals surface area (Å²) in [5, 5.41) is 21.8. The number of nitrogens with two attached hydrogens (primary N) is 1. The summed E-state index contributed by atoms with van der Waals surface area (Å²) in [6.07, 6.45) is 0.816. The van der Waals surface area contributed by atoms with E-state index in [0.717, 1.165) is 18.2 Å². The smallest absolute Gasteiger partial charge is 0.417 e. The Labute approximate surface area is 265 Å². The second-order valence-electron chi connectivity index (χ2n) is 11.6. The van der Waals surface area contributed by atoms with E-state index in [9.17, 15) is 32.2 Å². The van der Waals surface area contributed by atoms with Gasteiger partial charge in [0.2, 0.25) is 0 Å². The molecule has 0 aliphatic rings. The fourth-order valence-electron chi connectivity index (χ4n) is 5.72. The fourth-order valence-corrected chi connectivity index (χ4v) is 5.72. The maximum Gasteiger partial charge on any atom is 0.417 e. The van der Waals surface area contributed by atoms with Crippen LogP contribution in [0.15, 0.2) is 73.2 Å². The van der Waals surface area contributed by atoms with E-state index in [4.69, 9.17) is 5.73 Å². The first-order valence-corrected chi connectivity index (χ1v) is 14.7. The molecule has 2 aromatic carbocycles. The van der Waals surface area contributed by atoms with Gasteiger partial charge in [0.15, 0.2) is 5.82 Å². The predicted octanol–water partition coefficient (Wildman–Crippen LogP) is 8.88. The molecule has 0 spiro atoms. The average Bonchev–Trinajstić information content (AvgIpc) is 3.02. The lowest BCUT2D eigenvalue weighted by molar-refractivity contribution is -0.136. The zero-order valence-corrected chi connectivity index (χ0v) is 25.1. The number of hydrogen-bond donors (Lipinski definition) is 3. The summed E-state index contributed by atoms with van der Waals surface area (Å²) in [5.74, 6) is -1.97. The number of pyridine rings is 4. The summed E-state index contributed by atoms with van der Waals surface area (Å²) in [6.45, 7) is 3.77. The summed E-state index contributed by atoms with van der Waals surface area (Å²) >= 11 is 0. The number of alkyl halides is 3. The van der Waals surface area contributed by atoms with E-state index in [1.54, 1.807) is 24.4 Å². The molecule has 0 saturated heterocycles. The topological polar surface area (TPSA) is 118 Å². The summed E-state index contributed by atoms with van der Waals surface area (Å²) in [5.41, 5.74) is 7.31. The minimum absolute atomic E-state index is 0.0179. The number of nitrogens with zero attached hydrogens (tertiary/aromatic N) is 4. The number of rotatable bonds is 7. The molecule has 0 fully saturated rings. The van der Waals surface area contributed by atoms with Crippen molar-refractivity contribution in [3.05, 3.63) is 102 Å². The average molecular weight is 646 g/mol. The molecule has 6 aromatic rings. The monoisotopic (exact) mass is 645 g/mol. The molecule has 7 nitrogen and oxygen atoms in total. The van der Waals surface area contributed by atoms with Crippen molar-refractivity contribution in [3.63, 3.8) is 0 Å². The molecule has 0 bridgehead atoms. The zero-order valence-electron chi connectivity index (χ0n) is 25.1. The molecule has 4 heterocycles. The van der Waals surface area contributed by atoms with Crippen molar-refractivity contribution >= 4 is 27.5 Å². The molecule has 2 atom stereocenters. The molecule has 0 saturated carbocycles. The number of fused-ring (bicyclic) bond motifs is 2. The Balaban J connectivity index is 1.17. The second kappa shape index (κ2) is 12.1. The maximum absolute atomic E-state index is 14.2. The van der Waals surface area contributed by atoms with E-state index in [0.29, 0.717) is 40.7 Å². The SMILES string of the molecule is CC(CCC(C)c1ncc(-c2cc(C(F)(F)F)c3cc(F)ccc3n2)cc1O)c1ncc(-c2cnc3c(F)cc(N)cc3c2)cc1O. The van der Waals surface area contributed by atoms with Gasteiger partial charge in [-0.05, 0) is 67.4 Å². The van der Waals surface area contributed by atoms with Crippen LogP contribution < -0.4 is 5.73 Å². The molecule has 12 heteroatoms. The van der Waals surface area contributed by atoms with E-state index >= 15 is 0 Å². The largest absolute Gasteiger partial charge is 0.506 e. The molecular weight excluding hydrogens is 617 g/mol. The van der Waals surface area contributed by atoms with Crippen LogP contribution >= 0.6 is 0 Å². The highest BCUT2D eigenvalue weighted by Crippen LogP contribution is 2.39. The van der Waals surface area contributed by atoms with E-state index in [2.05, 4.69) is 19.9 Å². The number of halogens is 5. The van der Waals surface area contributed by atoms with E-state index in [-0.39, 0.29) is 56.7 Å². The van der Waals surface area contributed by atoms with E-state index < -0.39 is 23.4 Å². The van der Waals surface area contributed by atoms with Crippen LogP contribution in [-0.2, 0) is 6.18 Å². The molecule has 240 valence electrons. The summed E-state index contributed by atoms with van der Waals surface area (Å²) in [7, 11) is 0. The van der Waals surface area contributed by atoms with Gasteiger partial charge in [0.05, 0.1) is 28.2 Å². The van der Waals surface area contributed by atoms with E-state index in [1.807, 2.05) is 13.8 Å². The van der Waals surface area contributed by atoms with Crippen molar-refractivity contribution in [2.75, 3.05) is 5.73 Å². The predicted molar refractivity (Wildman–Crippen MR) is 169 cm³/mol. The molecule has 6 rings (SSSR count). The molecule has 0 radical (unpaired) electrons.